The highest BCUT2D eigenvalue weighted by Gasteiger charge is 2.15. The maximum Gasteiger partial charge on any atom is 0.251 e. The van der Waals surface area contributed by atoms with Gasteiger partial charge in [0.2, 0.25) is 0 Å². The second kappa shape index (κ2) is 8.45. The normalized spacial score (nSPS) is 16.8. The molecule has 1 saturated heterocycles. The zero-order chi connectivity index (χ0) is 17.6. The van der Waals surface area contributed by atoms with Gasteiger partial charge in [-0.1, -0.05) is 29.8 Å². The van der Waals surface area contributed by atoms with Crippen LogP contribution in [0.25, 0.3) is 11.1 Å². The molecule has 1 heterocycles. The molecule has 3 nitrogen and oxygen atoms in total. The van der Waals surface area contributed by atoms with E-state index in [1.807, 2.05) is 12.1 Å². The van der Waals surface area contributed by atoms with E-state index in [0.717, 1.165) is 43.6 Å². The lowest BCUT2D eigenvalue weighted by Crippen LogP contribution is -2.24. The number of carbonyl (C=O) groups is 1. The van der Waals surface area contributed by atoms with Crippen molar-refractivity contribution in [3.05, 3.63) is 58.9 Å². The number of rotatable bonds is 6. The third kappa shape index (κ3) is 4.80. The zero-order valence-electron chi connectivity index (χ0n) is 13.9. The number of ether oxygens (including phenoxy) is 1. The van der Waals surface area contributed by atoms with Crippen molar-refractivity contribution >= 4 is 17.5 Å². The summed E-state index contributed by atoms with van der Waals surface area (Å²) in [5.41, 5.74) is 2.32. The summed E-state index contributed by atoms with van der Waals surface area (Å²) in [7, 11) is 0. The van der Waals surface area contributed by atoms with Gasteiger partial charge in [0.1, 0.15) is 5.82 Å². The lowest BCUT2D eigenvalue weighted by Gasteiger charge is -2.09. The molecule has 0 radical (unpaired) electrons. The molecule has 132 valence electrons. The molecule has 1 fully saturated rings. The van der Waals surface area contributed by atoms with Crippen LogP contribution >= 0.6 is 11.6 Å². The molecule has 1 N–H and O–H groups in total. The Morgan fingerprint density at radius 1 is 1.20 bits per heavy atom. The predicted octanol–water partition coefficient (Wildman–Crippen LogP) is 4.69. The third-order valence-corrected chi connectivity index (χ3v) is 4.79. The SMILES string of the molecule is O=C(NCCC[C@@H]1CCOC1)c1ccc(-c2ccc(F)c(Cl)c2)cc1. The molecule has 2 aromatic rings. The van der Waals surface area contributed by atoms with Crippen LogP contribution in [0, 0.1) is 11.7 Å². The second-order valence-electron chi connectivity index (χ2n) is 6.33. The average molecular weight is 362 g/mol. The molecular formula is C20H21ClFNO2. The minimum Gasteiger partial charge on any atom is -0.381 e. The van der Waals surface area contributed by atoms with E-state index < -0.39 is 5.82 Å². The highest BCUT2D eigenvalue weighted by atomic mass is 35.5. The van der Waals surface area contributed by atoms with Crippen molar-refractivity contribution in [3.8, 4) is 11.1 Å². The lowest BCUT2D eigenvalue weighted by atomic mass is 10.0. The quantitative estimate of drug-likeness (QED) is 0.758. The molecule has 3 rings (SSSR count). The Kier molecular flexibility index (Phi) is 6.05. The van der Waals surface area contributed by atoms with E-state index in [9.17, 15) is 9.18 Å². The van der Waals surface area contributed by atoms with Crippen molar-refractivity contribution in [2.24, 2.45) is 5.92 Å². The minimum absolute atomic E-state index is 0.0774. The van der Waals surface area contributed by atoms with Crippen molar-refractivity contribution < 1.29 is 13.9 Å². The smallest absolute Gasteiger partial charge is 0.251 e. The number of hydrogen-bond donors (Lipinski definition) is 1. The number of carbonyl (C=O) groups excluding carboxylic acids is 1. The topological polar surface area (TPSA) is 38.3 Å². The van der Waals surface area contributed by atoms with Crippen LogP contribution in [0.15, 0.2) is 42.5 Å². The van der Waals surface area contributed by atoms with Crippen molar-refractivity contribution in [3.63, 3.8) is 0 Å². The first kappa shape index (κ1) is 17.9. The van der Waals surface area contributed by atoms with Crippen LogP contribution < -0.4 is 5.32 Å². The van der Waals surface area contributed by atoms with Gasteiger partial charge in [-0.05, 0) is 60.6 Å². The summed E-state index contributed by atoms with van der Waals surface area (Å²) in [5, 5.41) is 3.04. The Bertz CT molecular complexity index is 727. The van der Waals surface area contributed by atoms with Gasteiger partial charge in [0, 0.05) is 25.3 Å². The van der Waals surface area contributed by atoms with Crippen LogP contribution in [0.1, 0.15) is 29.6 Å². The number of nitrogens with one attached hydrogen (secondary N) is 1. The molecule has 5 heteroatoms. The number of hydrogen-bond acceptors (Lipinski definition) is 2. The van der Waals surface area contributed by atoms with Crippen LogP contribution in [0.5, 0.6) is 0 Å². The molecule has 1 aliphatic rings. The largest absolute Gasteiger partial charge is 0.381 e. The molecule has 0 spiro atoms. The van der Waals surface area contributed by atoms with Gasteiger partial charge >= 0.3 is 0 Å². The fourth-order valence-electron chi connectivity index (χ4n) is 3.00. The van der Waals surface area contributed by atoms with Gasteiger partial charge in [0.05, 0.1) is 5.02 Å². The average Bonchev–Trinajstić information content (AvgIpc) is 3.14. The zero-order valence-corrected chi connectivity index (χ0v) is 14.7. The van der Waals surface area contributed by atoms with Crippen LogP contribution in [-0.4, -0.2) is 25.7 Å². The van der Waals surface area contributed by atoms with E-state index in [1.165, 1.54) is 6.07 Å². The lowest BCUT2D eigenvalue weighted by molar-refractivity contribution is 0.0952. The van der Waals surface area contributed by atoms with E-state index in [-0.39, 0.29) is 10.9 Å². The summed E-state index contributed by atoms with van der Waals surface area (Å²) in [5.74, 6) is 0.121. The van der Waals surface area contributed by atoms with Crippen molar-refractivity contribution in [1.82, 2.24) is 5.32 Å². The maximum absolute atomic E-state index is 13.2. The predicted molar refractivity (Wildman–Crippen MR) is 97.3 cm³/mol. The van der Waals surface area contributed by atoms with Crippen molar-refractivity contribution in [2.75, 3.05) is 19.8 Å². The summed E-state index contributed by atoms with van der Waals surface area (Å²) < 4.78 is 18.6. The first-order valence-electron chi connectivity index (χ1n) is 8.55. The van der Waals surface area contributed by atoms with E-state index in [0.29, 0.717) is 18.0 Å². The molecule has 1 amide bonds. The molecule has 1 atom stereocenters. The van der Waals surface area contributed by atoms with Crippen LogP contribution in [-0.2, 0) is 4.74 Å². The monoisotopic (exact) mass is 361 g/mol. The van der Waals surface area contributed by atoms with Crippen LogP contribution in [0.3, 0.4) is 0 Å². The summed E-state index contributed by atoms with van der Waals surface area (Å²) in [6, 6.07) is 11.8. The van der Waals surface area contributed by atoms with Gasteiger partial charge in [0.25, 0.3) is 5.91 Å². The molecule has 0 aliphatic carbocycles. The molecule has 0 aromatic heterocycles. The van der Waals surface area contributed by atoms with Gasteiger partial charge in [-0.15, -0.1) is 0 Å². The fraction of sp³-hybridized carbons (Fsp3) is 0.350. The van der Waals surface area contributed by atoms with Crippen LogP contribution in [0.4, 0.5) is 4.39 Å². The minimum atomic E-state index is -0.439. The first-order valence-corrected chi connectivity index (χ1v) is 8.93. The maximum atomic E-state index is 13.2. The van der Waals surface area contributed by atoms with Gasteiger partial charge in [-0.25, -0.2) is 4.39 Å². The molecule has 1 aliphatic heterocycles. The van der Waals surface area contributed by atoms with Gasteiger partial charge in [-0.2, -0.15) is 0 Å². The van der Waals surface area contributed by atoms with E-state index >= 15 is 0 Å². The Morgan fingerprint density at radius 3 is 2.64 bits per heavy atom. The molecule has 0 saturated carbocycles. The Morgan fingerprint density at radius 2 is 1.96 bits per heavy atom. The van der Waals surface area contributed by atoms with Crippen LogP contribution in [0.2, 0.25) is 5.02 Å². The molecule has 2 aromatic carbocycles. The summed E-state index contributed by atoms with van der Waals surface area (Å²) in [6.07, 6.45) is 3.18. The van der Waals surface area contributed by atoms with Gasteiger partial charge in [0.15, 0.2) is 0 Å². The highest BCUT2D eigenvalue weighted by Crippen LogP contribution is 2.25. The molecule has 25 heavy (non-hydrogen) atoms. The van der Waals surface area contributed by atoms with Gasteiger partial charge < -0.3 is 10.1 Å². The van der Waals surface area contributed by atoms with Gasteiger partial charge in [-0.3, -0.25) is 4.79 Å². The Labute approximate surface area is 152 Å². The Balaban J connectivity index is 1.52. The first-order chi connectivity index (χ1) is 12.1. The van der Waals surface area contributed by atoms with E-state index in [2.05, 4.69) is 5.32 Å². The van der Waals surface area contributed by atoms with E-state index in [1.54, 1.807) is 24.3 Å². The molecular weight excluding hydrogens is 341 g/mol. The standard InChI is InChI=1S/C20H21ClFNO2/c21-18-12-17(7-8-19(18)22)15-3-5-16(6-4-15)20(24)23-10-1-2-14-9-11-25-13-14/h3-8,12,14H,1-2,9-11,13H2,(H,23,24)/t14-/m1/s1. The number of halogens is 2. The molecule has 0 bridgehead atoms. The second-order valence-corrected chi connectivity index (χ2v) is 6.74. The van der Waals surface area contributed by atoms with Crippen molar-refractivity contribution in [1.29, 1.82) is 0 Å². The van der Waals surface area contributed by atoms with Crippen molar-refractivity contribution in [2.45, 2.75) is 19.3 Å². The summed E-state index contributed by atoms with van der Waals surface area (Å²) in [6.45, 7) is 2.39. The summed E-state index contributed by atoms with van der Waals surface area (Å²) in [4.78, 5) is 12.2. The number of amides is 1. The summed E-state index contributed by atoms with van der Waals surface area (Å²) >= 11 is 5.82. The third-order valence-electron chi connectivity index (χ3n) is 4.50. The Hall–Kier alpha value is -1.91. The number of benzene rings is 2. The fourth-order valence-corrected chi connectivity index (χ4v) is 3.18. The molecule has 0 unspecified atom stereocenters. The van der Waals surface area contributed by atoms with E-state index in [4.69, 9.17) is 16.3 Å². The highest BCUT2D eigenvalue weighted by molar-refractivity contribution is 6.31.